The van der Waals surface area contributed by atoms with E-state index in [0.717, 1.165) is 60.4 Å². The lowest BCUT2D eigenvalue weighted by atomic mass is 10.1. The van der Waals surface area contributed by atoms with Gasteiger partial charge >= 0.3 is 0 Å². The number of nitrogens with one attached hydrogen (secondary N) is 2. The molecule has 2 aromatic rings. The van der Waals surface area contributed by atoms with Crippen LogP contribution in [-0.4, -0.2) is 36.5 Å². The van der Waals surface area contributed by atoms with E-state index in [2.05, 4.69) is 47.9 Å². The van der Waals surface area contributed by atoms with Gasteiger partial charge in [0.25, 0.3) is 0 Å². The van der Waals surface area contributed by atoms with Crippen molar-refractivity contribution in [3.63, 3.8) is 0 Å². The maximum Gasteiger partial charge on any atom is 0.222 e. The van der Waals surface area contributed by atoms with Crippen molar-refractivity contribution in [2.45, 2.75) is 52.2 Å². The molecular formula is C26H35IN4O2. The number of carbonyl (C=O) groups is 1. The highest BCUT2D eigenvalue weighted by Gasteiger charge is 2.22. The van der Waals surface area contributed by atoms with Crippen molar-refractivity contribution >= 4 is 35.8 Å². The zero-order valence-corrected chi connectivity index (χ0v) is 21.7. The number of aliphatic imine (C=N–C) groups is 1. The van der Waals surface area contributed by atoms with Crippen LogP contribution < -0.4 is 15.4 Å². The third-order valence-corrected chi connectivity index (χ3v) is 5.89. The van der Waals surface area contributed by atoms with Gasteiger partial charge in [0.05, 0.1) is 13.2 Å². The number of hydrogen-bond donors (Lipinski definition) is 2. The van der Waals surface area contributed by atoms with Crippen molar-refractivity contribution in [3.05, 3.63) is 65.2 Å². The van der Waals surface area contributed by atoms with E-state index in [0.29, 0.717) is 26.1 Å². The number of para-hydroxylation sites is 1. The molecule has 33 heavy (non-hydrogen) atoms. The summed E-state index contributed by atoms with van der Waals surface area (Å²) in [5, 5.41) is 6.76. The normalized spacial score (nSPS) is 15.8. The molecule has 178 valence electrons. The SMILES string of the molecule is CCNC(=NCc1cccc(CN2CCCC2=O)c1)NCc1ccccc1OCC1CC1.I. The third kappa shape index (κ3) is 7.91. The van der Waals surface area contributed by atoms with Crippen LogP contribution in [0.5, 0.6) is 5.75 Å². The molecule has 0 bridgehead atoms. The quantitative estimate of drug-likeness (QED) is 0.255. The molecule has 0 atom stereocenters. The zero-order chi connectivity index (χ0) is 22.2. The summed E-state index contributed by atoms with van der Waals surface area (Å²) in [7, 11) is 0. The second-order valence-corrected chi connectivity index (χ2v) is 8.65. The standard InChI is InChI=1S/C26H34N4O2.HI/c1-2-27-26(29-17-23-9-3-4-10-24(23)32-19-20-12-13-20)28-16-21-7-5-8-22(15-21)18-30-14-6-11-25(30)31;/h3-5,7-10,15,20H,2,6,11-14,16-19H2,1H3,(H2,27,28,29);1H. The van der Waals surface area contributed by atoms with Gasteiger partial charge in [-0.25, -0.2) is 4.99 Å². The summed E-state index contributed by atoms with van der Waals surface area (Å²) in [6.45, 7) is 6.46. The Morgan fingerprint density at radius 2 is 1.94 bits per heavy atom. The van der Waals surface area contributed by atoms with Crippen LogP contribution in [0.15, 0.2) is 53.5 Å². The van der Waals surface area contributed by atoms with E-state index in [1.54, 1.807) is 0 Å². The van der Waals surface area contributed by atoms with Crippen molar-refractivity contribution in [2.24, 2.45) is 10.9 Å². The molecule has 1 amide bonds. The highest BCUT2D eigenvalue weighted by Crippen LogP contribution is 2.30. The Balaban J connectivity index is 0.00000306. The number of hydrogen-bond acceptors (Lipinski definition) is 3. The molecule has 2 aliphatic rings. The van der Waals surface area contributed by atoms with Gasteiger partial charge in [-0.05, 0) is 49.3 Å². The second kappa shape index (κ2) is 12.8. The fraction of sp³-hybridized carbons (Fsp3) is 0.462. The zero-order valence-electron chi connectivity index (χ0n) is 19.4. The first-order valence-corrected chi connectivity index (χ1v) is 11.8. The number of amides is 1. The first-order chi connectivity index (χ1) is 15.7. The predicted octanol–water partition coefficient (Wildman–Crippen LogP) is 4.47. The molecule has 1 saturated heterocycles. The van der Waals surface area contributed by atoms with Gasteiger partial charge in [0.2, 0.25) is 5.91 Å². The maximum atomic E-state index is 11.9. The molecular weight excluding hydrogens is 527 g/mol. The van der Waals surface area contributed by atoms with Crippen molar-refractivity contribution in [1.82, 2.24) is 15.5 Å². The third-order valence-electron chi connectivity index (χ3n) is 5.89. The Kier molecular flexibility index (Phi) is 9.84. The molecule has 0 radical (unpaired) electrons. The number of ether oxygens (including phenoxy) is 1. The first kappa shape index (κ1) is 25.3. The summed E-state index contributed by atoms with van der Waals surface area (Å²) < 4.78 is 6.03. The molecule has 0 spiro atoms. The van der Waals surface area contributed by atoms with Crippen LogP contribution in [0.4, 0.5) is 0 Å². The largest absolute Gasteiger partial charge is 0.493 e. The maximum absolute atomic E-state index is 11.9. The summed E-state index contributed by atoms with van der Waals surface area (Å²) in [5.74, 6) is 2.72. The summed E-state index contributed by atoms with van der Waals surface area (Å²) in [5.41, 5.74) is 3.43. The molecule has 4 rings (SSSR count). The number of carbonyl (C=O) groups excluding carboxylic acids is 1. The number of nitrogens with zero attached hydrogens (tertiary/aromatic N) is 2. The van der Waals surface area contributed by atoms with E-state index in [4.69, 9.17) is 9.73 Å². The highest BCUT2D eigenvalue weighted by molar-refractivity contribution is 14.0. The highest BCUT2D eigenvalue weighted by atomic mass is 127. The lowest BCUT2D eigenvalue weighted by Gasteiger charge is -2.16. The minimum atomic E-state index is 0. The van der Waals surface area contributed by atoms with Crippen molar-refractivity contribution < 1.29 is 9.53 Å². The average Bonchev–Trinajstić information content (AvgIpc) is 3.56. The number of likely N-dealkylation sites (tertiary alicyclic amines) is 1. The summed E-state index contributed by atoms with van der Waals surface area (Å²) >= 11 is 0. The molecule has 2 N–H and O–H groups in total. The Morgan fingerprint density at radius 3 is 2.70 bits per heavy atom. The van der Waals surface area contributed by atoms with E-state index in [9.17, 15) is 4.79 Å². The number of guanidine groups is 1. The van der Waals surface area contributed by atoms with Gasteiger partial charge < -0.3 is 20.3 Å². The smallest absolute Gasteiger partial charge is 0.222 e. The van der Waals surface area contributed by atoms with Gasteiger partial charge in [-0.1, -0.05) is 42.5 Å². The van der Waals surface area contributed by atoms with Crippen LogP contribution in [0.1, 0.15) is 49.3 Å². The van der Waals surface area contributed by atoms with Gasteiger partial charge in [-0.3, -0.25) is 4.79 Å². The molecule has 7 heteroatoms. The van der Waals surface area contributed by atoms with Crippen LogP contribution in [-0.2, 0) is 24.4 Å². The predicted molar refractivity (Wildman–Crippen MR) is 143 cm³/mol. The average molecular weight is 562 g/mol. The van der Waals surface area contributed by atoms with E-state index >= 15 is 0 Å². The molecule has 1 heterocycles. The minimum Gasteiger partial charge on any atom is -0.493 e. The molecule has 6 nitrogen and oxygen atoms in total. The van der Waals surface area contributed by atoms with Gasteiger partial charge in [0.15, 0.2) is 5.96 Å². The van der Waals surface area contributed by atoms with E-state index < -0.39 is 0 Å². The monoisotopic (exact) mass is 562 g/mol. The summed E-state index contributed by atoms with van der Waals surface area (Å²) in [6, 6.07) is 16.6. The molecule has 1 aliphatic carbocycles. The Hall–Kier alpha value is -2.29. The van der Waals surface area contributed by atoms with Gasteiger partial charge in [-0.15, -0.1) is 24.0 Å². The van der Waals surface area contributed by atoms with Gasteiger partial charge in [-0.2, -0.15) is 0 Å². The van der Waals surface area contributed by atoms with Crippen LogP contribution >= 0.6 is 24.0 Å². The summed E-state index contributed by atoms with van der Waals surface area (Å²) in [6.07, 6.45) is 4.21. The van der Waals surface area contributed by atoms with E-state index in [1.165, 1.54) is 12.8 Å². The Morgan fingerprint density at radius 1 is 1.12 bits per heavy atom. The topological polar surface area (TPSA) is 66.0 Å². The Labute approximate surface area is 214 Å². The van der Waals surface area contributed by atoms with Crippen LogP contribution in [0.3, 0.4) is 0 Å². The minimum absolute atomic E-state index is 0. The van der Waals surface area contributed by atoms with Crippen molar-refractivity contribution in [2.75, 3.05) is 19.7 Å². The molecule has 1 saturated carbocycles. The number of rotatable bonds is 10. The van der Waals surface area contributed by atoms with E-state index in [-0.39, 0.29) is 29.9 Å². The lowest BCUT2D eigenvalue weighted by molar-refractivity contribution is -0.128. The molecule has 2 aromatic carbocycles. The fourth-order valence-corrected chi connectivity index (χ4v) is 3.89. The van der Waals surface area contributed by atoms with Crippen molar-refractivity contribution in [1.29, 1.82) is 0 Å². The fourth-order valence-electron chi connectivity index (χ4n) is 3.89. The van der Waals surface area contributed by atoms with Crippen molar-refractivity contribution in [3.8, 4) is 5.75 Å². The van der Waals surface area contributed by atoms with E-state index in [1.807, 2.05) is 23.1 Å². The summed E-state index contributed by atoms with van der Waals surface area (Å²) in [4.78, 5) is 18.6. The van der Waals surface area contributed by atoms with Gasteiger partial charge in [0.1, 0.15) is 5.75 Å². The number of halogens is 1. The molecule has 1 aliphatic heterocycles. The molecule has 0 unspecified atom stereocenters. The number of benzene rings is 2. The molecule has 0 aromatic heterocycles. The van der Waals surface area contributed by atoms with Crippen LogP contribution in [0, 0.1) is 5.92 Å². The lowest BCUT2D eigenvalue weighted by Crippen LogP contribution is -2.36. The van der Waals surface area contributed by atoms with Gasteiger partial charge in [0, 0.05) is 38.2 Å². The first-order valence-electron chi connectivity index (χ1n) is 11.8. The second-order valence-electron chi connectivity index (χ2n) is 8.65. The van der Waals surface area contributed by atoms with Crippen LogP contribution in [0.25, 0.3) is 0 Å². The Bertz CT molecular complexity index is 945. The van der Waals surface area contributed by atoms with Crippen LogP contribution in [0.2, 0.25) is 0 Å². The molecule has 2 fully saturated rings.